The molecule has 6 nitrogen and oxygen atoms in total. The van der Waals surface area contributed by atoms with E-state index >= 15 is 0 Å². The van der Waals surface area contributed by atoms with Gasteiger partial charge >= 0.3 is 5.97 Å². The van der Waals surface area contributed by atoms with Crippen LogP contribution in [0.4, 0.5) is 0 Å². The molecule has 6 heteroatoms. The first-order valence-electron chi connectivity index (χ1n) is 35.8. The van der Waals surface area contributed by atoms with Crippen molar-refractivity contribution in [2.75, 3.05) is 13.2 Å². The van der Waals surface area contributed by atoms with E-state index in [4.69, 9.17) is 4.74 Å². The molecule has 0 fully saturated rings. The molecule has 460 valence electrons. The normalized spacial score (nSPS) is 12.4. The van der Waals surface area contributed by atoms with E-state index in [1.807, 2.05) is 0 Å². The van der Waals surface area contributed by atoms with Crippen LogP contribution in [0.25, 0.3) is 0 Å². The summed E-state index contributed by atoms with van der Waals surface area (Å²) >= 11 is 0. The molecule has 0 spiro atoms. The molecule has 0 aromatic carbocycles. The minimum atomic E-state index is -0.659. The maximum atomic E-state index is 12.5. The van der Waals surface area contributed by atoms with Crippen molar-refractivity contribution in [1.29, 1.82) is 0 Å². The fraction of sp³-hybridized carbons (Fsp3) is 0.972. The fourth-order valence-corrected chi connectivity index (χ4v) is 11.7. The molecule has 0 radical (unpaired) electrons. The van der Waals surface area contributed by atoms with Crippen LogP contribution in [-0.4, -0.2) is 47.4 Å². The van der Waals surface area contributed by atoms with Gasteiger partial charge in [-0.05, 0) is 25.7 Å². The molecule has 1 amide bonds. The third kappa shape index (κ3) is 63.9. The number of aliphatic hydroxyl groups is 2. The zero-order valence-corrected chi connectivity index (χ0v) is 52.7. The van der Waals surface area contributed by atoms with Gasteiger partial charge in [-0.15, -0.1) is 0 Å². The molecule has 0 aliphatic heterocycles. The number of hydrogen-bond donors (Lipinski definition) is 3. The van der Waals surface area contributed by atoms with Crippen molar-refractivity contribution in [3.05, 3.63) is 0 Å². The number of ether oxygens (including phenoxy) is 1. The van der Waals surface area contributed by atoms with Crippen LogP contribution < -0.4 is 5.32 Å². The van der Waals surface area contributed by atoms with Gasteiger partial charge in [-0.1, -0.05) is 380 Å². The molecular weight excluding hydrogens is 947 g/mol. The summed E-state index contributed by atoms with van der Waals surface area (Å²) in [6.45, 7) is 5.00. The first-order valence-corrected chi connectivity index (χ1v) is 35.8. The highest BCUT2D eigenvalue weighted by Gasteiger charge is 2.20. The Morgan fingerprint density at radius 3 is 0.792 bits per heavy atom. The van der Waals surface area contributed by atoms with Crippen molar-refractivity contribution in [2.24, 2.45) is 0 Å². The van der Waals surface area contributed by atoms with Gasteiger partial charge in [0.15, 0.2) is 0 Å². The van der Waals surface area contributed by atoms with E-state index in [9.17, 15) is 19.8 Å². The van der Waals surface area contributed by atoms with Crippen LogP contribution in [-0.2, 0) is 14.3 Å². The second-order valence-electron chi connectivity index (χ2n) is 24.9. The van der Waals surface area contributed by atoms with Crippen molar-refractivity contribution in [3.8, 4) is 0 Å². The molecule has 0 bridgehead atoms. The van der Waals surface area contributed by atoms with E-state index in [0.717, 1.165) is 38.5 Å². The second kappa shape index (κ2) is 67.4. The third-order valence-corrected chi connectivity index (χ3v) is 17.2. The lowest BCUT2D eigenvalue weighted by Crippen LogP contribution is -2.45. The first kappa shape index (κ1) is 75.9. The third-order valence-electron chi connectivity index (χ3n) is 17.2. The minimum Gasteiger partial charge on any atom is -0.466 e. The van der Waals surface area contributed by atoms with Crippen LogP contribution in [0.15, 0.2) is 0 Å². The number of unbranched alkanes of at least 4 members (excludes halogenated alkanes) is 57. The topological polar surface area (TPSA) is 95.9 Å². The van der Waals surface area contributed by atoms with Gasteiger partial charge in [-0.3, -0.25) is 9.59 Å². The SMILES string of the molecule is CCCCCCCCCCCCCCCCCCCCC(=O)OCCCCCCCCCCCCCCCCCCCCCCCCCCCCCCCCC(=O)NC(CO)C(O)CCCCCCCCCCCCCC. The largest absolute Gasteiger partial charge is 0.466 e. The van der Waals surface area contributed by atoms with E-state index in [1.165, 1.54) is 347 Å². The number of amides is 1. The average molecular weight is 1090 g/mol. The molecule has 2 unspecified atom stereocenters. The Bertz CT molecular complexity index is 1120. The zero-order chi connectivity index (χ0) is 55.7. The molecular formula is C71H141NO5. The molecule has 77 heavy (non-hydrogen) atoms. The summed E-state index contributed by atoms with van der Waals surface area (Å²) in [5, 5.41) is 23.3. The van der Waals surface area contributed by atoms with E-state index in [0.29, 0.717) is 25.9 Å². The molecule has 0 saturated carbocycles. The molecule has 0 rings (SSSR count). The summed E-state index contributed by atoms with van der Waals surface area (Å²) in [4.78, 5) is 24.6. The van der Waals surface area contributed by atoms with E-state index in [1.54, 1.807) is 0 Å². The maximum Gasteiger partial charge on any atom is 0.305 e. The smallest absolute Gasteiger partial charge is 0.305 e. The van der Waals surface area contributed by atoms with Gasteiger partial charge in [0.1, 0.15) is 0 Å². The zero-order valence-electron chi connectivity index (χ0n) is 52.7. The van der Waals surface area contributed by atoms with Gasteiger partial charge in [-0.2, -0.15) is 0 Å². The molecule has 0 heterocycles. The number of carbonyl (C=O) groups is 2. The van der Waals surface area contributed by atoms with Crippen LogP contribution >= 0.6 is 0 Å². The van der Waals surface area contributed by atoms with Crippen molar-refractivity contribution in [2.45, 2.75) is 431 Å². The quantitative estimate of drug-likeness (QED) is 0.0417. The summed E-state index contributed by atoms with van der Waals surface area (Å²) < 4.78 is 5.51. The van der Waals surface area contributed by atoms with Crippen molar-refractivity contribution < 1.29 is 24.5 Å². The Hall–Kier alpha value is -1.14. The lowest BCUT2D eigenvalue weighted by Gasteiger charge is -2.22. The Morgan fingerprint density at radius 2 is 0.532 bits per heavy atom. The van der Waals surface area contributed by atoms with Gasteiger partial charge in [0.25, 0.3) is 0 Å². The van der Waals surface area contributed by atoms with Gasteiger partial charge in [0.05, 0.1) is 25.4 Å². The highest BCUT2D eigenvalue weighted by molar-refractivity contribution is 5.76. The number of carbonyl (C=O) groups excluding carboxylic acids is 2. The standard InChI is InChI=1S/C71H141NO5/c1-3-5-7-9-11-13-15-17-18-19-35-38-41-45-49-53-57-61-65-71(76)77-66-62-58-54-50-46-42-39-36-33-31-29-27-25-23-21-20-22-24-26-28-30-32-34-37-40-44-48-52-56-60-64-70(75)72-68(67-73)69(74)63-59-55-51-47-43-16-14-12-10-8-6-4-2/h68-69,73-74H,3-67H2,1-2H3,(H,72,75). The molecule has 3 N–H and O–H groups in total. The number of nitrogens with one attached hydrogen (secondary N) is 1. The Kier molecular flexibility index (Phi) is 66.4. The van der Waals surface area contributed by atoms with E-state index in [-0.39, 0.29) is 18.5 Å². The van der Waals surface area contributed by atoms with Gasteiger partial charge in [0.2, 0.25) is 5.91 Å². The predicted molar refractivity (Wildman–Crippen MR) is 338 cm³/mol. The lowest BCUT2D eigenvalue weighted by molar-refractivity contribution is -0.143. The molecule has 0 saturated heterocycles. The summed E-state index contributed by atoms with van der Waals surface area (Å²) in [5.41, 5.74) is 0. The van der Waals surface area contributed by atoms with Crippen LogP contribution in [0.5, 0.6) is 0 Å². The Labute approximate surface area is 483 Å². The number of aliphatic hydroxyl groups excluding tert-OH is 2. The van der Waals surface area contributed by atoms with Crippen LogP contribution in [0, 0.1) is 0 Å². The molecule has 0 aliphatic rings. The average Bonchev–Trinajstić information content (AvgIpc) is 3.43. The van der Waals surface area contributed by atoms with Gasteiger partial charge in [-0.25, -0.2) is 0 Å². The maximum absolute atomic E-state index is 12.5. The Morgan fingerprint density at radius 1 is 0.312 bits per heavy atom. The fourth-order valence-electron chi connectivity index (χ4n) is 11.7. The summed E-state index contributed by atoms with van der Waals surface area (Å²) in [6.07, 6.45) is 81.7. The predicted octanol–water partition coefficient (Wildman–Crippen LogP) is 23.0. The molecule has 0 aromatic rings. The second-order valence-corrected chi connectivity index (χ2v) is 24.9. The highest BCUT2D eigenvalue weighted by Crippen LogP contribution is 2.20. The molecule has 0 aliphatic carbocycles. The highest BCUT2D eigenvalue weighted by atomic mass is 16.5. The van der Waals surface area contributed by atoms with Gasteiger partial charge < -0.3 is 20.3 Å². The summed E-state index contributed by atoms with van der Waals surface area (Å²) in [5.74, 6) is -0.00300. The number of hydrogen-bond acceptors (Lipinski definition) is 5. The van der Waals surface area contributed by atoms with Crippen LogP contribution in [0.2, 0.25) is 0 Å². The van der Waals surface area contributed by atoms with Gasteiger partial charge in [0, 0.05) is 12.8 Å². The van der Waals surface area contributed by atoms with Crippen molar-refractivity contribution in [3.63, 3.8) is 0 Å². The monoisotopic (exact) mass is 1090 g/mol. The van der Waals surface area contributed by atoms with Crippen LogP contribution in [0.3, 0.4) is 0 Å². The Balaban J connectivity index is 3.28. The van der Waals surface area contributed by atoms with E-state index < -0.39 is 12.1 Å². The molecule has 0 aromatic heterocycles. The van der Waals surface area contributed by atoms with Crippen molar-refractivity contribution in [1.82, 2.24) is 5.32 Å². The lowest BCUT2D eigenvalue weighted by atomic mass is 10.0. The van der Waals surface area contributed by atoms with Crippen LogP contribution in [0.1, 0.15) is 418 Å². The first-order chi connectivity index (χ1) is 38.0. The molecule has 2 atom stereocenters. The number of rotatable bonds is 68. The number of esters is 1. The van der Waals surface area contributed by atoms with E-state index in [2.05, 4.69) is 19.2 Å². The summed E-state index contributed by atoms with van der Waals surface area (Å²) in [6, 6.07) is -0.536. The van der Waals surface area contributed by atoms with Crippen molar-refractivity contribution >= 4 is 11.9 Å². The summed E-state index contributed by atoms with van der Waals surface area (Å²) in [7, 11) is 0. The minimum absolute atomic E-state index is 0.0257.